The van der Waals surface area contributed by atoms with Crippen molar-refractivity contribution in [3.63, 3.8) is 0 Å². The summed E-state index contributed by atoms with van der Waals surface area (Å²) in [6, 6.07) is 6.09. The third-order valence-corrected chi connectivity index (χ3v) is 4.40. The lowest BCUT2D eigenvalue weighted by molar-refractivity contribution is -0.141. The monoisotopic (exact) mass is 413 g/mol. The standard InChI is InChI=1S/C19H22F3N3O4/c1-27-16-9-13(4-5-15(16)29-12-14-3-2-8-28-14)10-23-18(26)11-25-7-6-17(24-25)19(20,21)22/h4-7,9,14H,2-3,8,10-12H2,1H3,(H,23,26). The highest BCUT2D eigenvalue weighted by molar-refractivity contribution is 5.75. The molecule has 2 aromatic rings. The van der Waals surface area contributed by atoms with Gasteiger partial charge in [0.1, 0.15) is 13.2 Å². The zero-order chi connectivity index (χ0) is 20.9. The van der Waals surface area contributed by atoms with E-state index in [1.807, 2.05) is 0 Å². The molecule has 1 saturated heterocycles. The minimum atomic E-state index is -4.54. The molecule has 158 valence electrons. The van der Waals surface area contributed by atoms with Gasteiger partial charge in [0.2, 0.25) is 5.91 Å². The van der Waals surface area contributed by atoms with Gasteiger partial charge in [-0.05, 0) is 36.6 Å². The Bertz CT molecular complexity index is 832. The lowest BCUT2D eigenvalue weighted by atomic mass is 10.2. The molecule has 1 fully saturated rings. The van der Waals surface area contributed by atoms with Crippen LogP contribution in [0.5, 0.6) is 11.5 Å². The second-order valence-electron chi connectivity index (χ2n) is 6.60. The Balaban J connectivity index is 1.51. The van der Waals surface area contributed by atoms with Gasteiger partial charge in [0.15, 0.2) is 17.2 Å². The van der Waals surface area contributed by atoms with Crippen LogP contribution in [0.25, 0.3) is 0 Å². The summed E-state index contributed by atoms with van der Waals surface area (Å²) in [6.07, 6.45) is -1.34. The fourth-order valence-corrected chi connectivity index (χ4v) is 2.90. The molecule has 0 spiro atoms. The molecule has 0 bridgehead atoms. The molecule has 0 radical (unpaired) electrons. The van der Waals surface area contributed by atoms with Crippen LogP contribution in [0, 0.1) is 0 Å². The van der Waals surface area contributed by atoms with E-state index in [1.165, 1.54) is 7.11 Å². The summed E-state index contributed by atoms with van der Waals surface area (Å²) in [5.74, 6) is 0.644. The number of amides is 1. The number of hydrogen-bond acceptors (Lipinski definition) is 5. The van der Waals surface area contributed by atoms with Crippen LogP contribution in [-0.2, 0) is 28.8 Å². The highest BCUT2D eigenvalue weighted by Crippen LogP contribution is 2.29. The molecule has 1 amide bonds. The van der Waals surface area contributed by atoms with Gasteiger partial charge in [-0.25, -0.2) is 0 Å². The van der Waals surface area contributed by atoms with Crippen molar-refractivity contribution in [3.8, 4) is 11.5 Å². The number of benzene rings is 1. The topological polar surface area (TPSA) is 74.6 Å². The Kier molecular flexibility index (Phi) is 6.63. The number of methoxy groups -OCH3 is 1. The molecule has 0 aliphatic carbocycles. The number of carbonyl (C=O) groups is 1. The third kappa shape index (κ3) is 5.86. The molecule has 29 heavy (non-hydrogen) atoms. The summed E-state index contributed by atoms with van der Waals surface area (Å²) in [5, 5.41) is 6.00. The summed E-state index contributed by atoms with van der Waals surface area (Å²) >= 11 is 0. The highest BCUT2D eigenvalue weighted by atomic mass is 19.4. The van der Waals surface area contributed by atoms with E-state index in [-0.39, 0.29) is 19.2 Å². The summed E-state index contributed by atoms with van der Waals surface area (Å²) in [7, 11) is 1.52. The van der Waals surface area contributed by atoms with Crippen molar-refractivity contribution in [1.82, 2.24) is 15.1 Å². The number of alkyl halides is 3. The van der Waals surface area contributed by atoms with E-state index in [0.717, 1.165) is 42.0 Å². The average Bonchev–Trinajstić information content (AvgIpc) is 3.36. The maximum Gasteiger partial charge on any atom is 0.435 e. The van der Waals surface area contributed by atoms with Crippen LogP contribution in [0.4, 0.5) is 13.2 Å². The van der Waals surface area contributed by atoms with E-state index in [1.54, 1.807) is 18.2 Å². The van der Waals surface area contributed by atoms with E-state index in [0.29, 0.717) is 18.1 Å². The Morgan fingerprint density at radius 2 is 2.17 bits per heavy atom. The van der Waals surface area contributed by atoms with Crippen molar-refractivity contribution in [2.45, 2.75) is 38.2 Å². The van der Waals surface area contributed by atoms with Gasteiger partial charge in [0.05, 0.1) is 13.2 Å². The first kappa shape index (κ1) is 21.0. The molecule has 7 nitrogen and oxygen atoms in total. The van der Waals surface area contributed by atoms with Crippen LogP contribution >= 0.6 is 0 Å². The van der Waals surface area contributed by atoms with Crippen LogP contribution in [-0.4, -0.2) is 42.1 Å². The third-order valence-electron chi connectivity index (χ3n) is 4.40. The second kappa shape index (κ2) is 9.17. The Morgan fingerprint density at radius 3 is 2.83 bits per heavy atom. The van der Waals surface area contributed by atoms with Crippen LogP contribution < -0.4 is 14.8 Å². The van der Waals surface area contributed by atoms with E-state index in [4.69, 9.17) is 14.2 Å². The van der Waals surface area contributed by atoms with Gasteiger partial charge >= 0.3 is 6.18 Å². The van der Waals surface area contributed by atoms with Gasteiger partial charge in [0.25, 0.3) is 0 Å². The molecule has 1 unspecified atom stereocenters. The van der Waals surface area contributed by atoms with Crippen molar-refractivity contribution in [2.75, 3.05) is 20.3 Å². The molecule has 1 atom stereocenters. The number of aromatic nitrogens is 2. The first-order chi connectivity index (χ1) is 13.8. The number of carbonyl (C=O) groups excluding carboxylic acids is 1. The molecule has 1 aromatic heterocycles. The fourth-order valence-electron chi connectivity index (χ4n) is 2.90. The van der Waals surface area contributed by atoms with Gasteiger partial charge in [0, 0.05) is 19.3 Å². The molecular weight excluding hydrogens is 391 g/mol. The zero-order valence-corrected chi connectivity index (χ0v) is 15.9. The minimum absolute atomic E-state index is 0.0822. The van der Waals surface area contributed by atoms with Gasteiger partial charge in [-0.2, -0.15) is 18.3 Å². The average molecular weight is 413 g/mol. The van der Waals surface area contributed by atoms with Crippen LogP contribution in [0.15, 0.2) is 30.5 Å². The first-order valence-corrected chi connectivity index (χ1v) is 9.14. The van der Waals surface area contributed by atoms with Gasteiger partial charge in [-0.15, -0.1) is 0 Å². The Morgan fingerprint density at radius 1 is 1.34 bits per heavy atom. The number of nitrogens with zero attached hydrogens (tertiary/aromatic N) is 2. The molecule has 10 heteroatoms. The molecule has 1 aliphatic heterocycles. The second-order valence-corrected chi connectivity index (χ2v) is 6.60. The lowest BCUT2D eigenvalue weighted by Crippen LogP contribution is -2.27. The van der Waals surface area contributed by atoms with E-state index in [2.05, 4.69) is 10.4 Å². The summed E-state index contributed by atoms with van der Waals surface area (Å²) in [5.41, 5.74) is -0.273. The van der Waals surface area contributed by atoms with E-state index >= 15 is 0 Å². The Hall–Kier alpha value is -2.75. The van der Waals surface area contributed by atoms with Crippen molar-refractivity contribution in [2.24, 2.45) is 0 Å². The fraction of sp³-hybridized carbons (Fsp3) is 0.474. The smallest absolute Gasteiger partial charge is 0.435 e. The summed E-state index contributed by atoms with van der Waals surface area (Å²) in [6.45, 7) is 1.07. The highest BCUT2D eigenvalue weighted by Gasteiger charge is 2.33. The van der Waals surface area contributed by atoms with E-state index in [9.17, 15) is 18.0 Å². The van der Waals surface area contributed by atoms with Crippen molar-refractivity contribution >= 4 is 5.91 Å². The van der Waals surface area contributed by atoms with Gasteiger partial charge in [-0.1, -0.05) is 6.07 Å². The number of rotatable bonds is 8. The number of ether oxygens (including phenoxy) is 3. The predicted octanol–water partition coefficient (Wildman–Crippen LogP) is 2.78. The van der Waals surface area contributed by atoms with E-state index < -0.39 is 17.8 Å². The van der Waals surface area contributed by atoms with Gasteiger partial charge < -0.3 is 19.5 Å². The van der Waals surface area contributed by atoms with Crippen molar-refractivity contribution < 1.29 is 32.2 Å². The van der Waals surface area contributed by atoms with Crippen molar-refractivity contribution in [3.05, 3.63) is 41.7 Å². The summed E-state index contributed by atoms with van der Waals surface area (Å²) in [4.78, 5) is 12.0. The SMILES string of the molecule is COc1cc(CNC(=O)Cn2ccc(C(F)(F)F)n2)ccc1OCC1CCCO1. The largest absolute Gasteiger partial charge is 0.493 e. The molecule has 0 saturated carbocycles. The van der Waals surface area contributed by atoms with Crippen LogP contribution in [0.1, 0.15) is 24.1 Å². The zero-order valence-electron chi connectivity index (χ0n) is 15.9. The van der Waals surface area contributed by atoms with Crippen LogP contribution in [0.3, 0.4) is 0 Å². The first-order valence-electron chi connectivity index (χ1n) is 9.14. The molecule has 1 N–H and O–H groups in total. The maximum absolute atomic E-state index is 12.5. The Labute approximate surface area is 165 Å². The number of hydrogen-bond donors (Lipinski definition) is 1. The van der Waals surface area contributed by atoms with Crippen molar-refractivity contribution in [1.29, 1.82) is 0 Å². The molecule has 2 heterocycles. The molecule has 1 aliphatic rings. The molecule has 1 aromatic carbocycles. The predicted molar refractivity (Wildman–Crippen MR) is 96.5 cm³/mol. The molecular formula is C19H22F3N3O4. The number of halogens is 3. The normalized spacial score (nSPS) is 16.6. The lowest BCUT2D eigenvalue weighted by Gasteiger charge is -2.15. The minimum Gasteiger partial charge on any atom is -0.493 e. The van der Waals surface area contributed by atoms with Gasteiger partial charge in [-0.3, -0.25) is 9.48 Å². The quantitative estimate of drug-likeness (QED) is 0.721. The maximum atomic E-state index is 12.5. The molecule has 3 rings (SSSR count). The number of nitrogens with one attached hydrogen (secondary N) is 1. The summed E-state index contributed by atoms with van der Waals surface area (Å²) < 4.78 is 55.2. The van der Waals surface area contributed by atoms with Crippen LogP contribution in [0.2, 0.25) is 0 Å².